The van der Waals surface area contributed by atoms with Crippen LogP contribution in [-0.4, -0.2) is 15.7 Å². The Labute approximate surface area is 189 Å². The maximum atomic E-state index is 14.7. The van der Waals surface area contributed by atoms with Gasteiger partial charge in [-0.1, -0.05) is 40.2 Å². The zero-order valence-electron chi connectivity index (χ0n) is 16.3. The number of hydrogen-bond acceptors (Lipinski definition) is 4. The summed E-state index contributed by atoms with van der Waals surface area (Å²) in [6, 6.07) is 16.7. The largest absolute Gasteiger partial charge is 0.321 e. The summed E-state index contributed by atoms with van der Waals surface area (Å²) in [5, 5.41) is 11.3. The van der Waals surface area contributed by atoms with Gasteiger partial charge in [0.25, 0.3) is 11.2 Å². The van der Waals surface area contributed by atoms with E-state index in [1.807, 2.05) is 0 Å². The first kappa shape index (κ1) is 21.3. The number of aromatic nitrogens is 1. The topological polar surface area (TPSA) is 93.1 Å². The van der Waals surface area contributed by atoms with Crippen molar-refractivity contribution in [3.8, 4) is 11.1 Å². The quantitative estimate of drug-likeness (QED) is 0.162. The van der Waals surface area contributed by atoms with Gasteiger partial charge in [0.1, 0.15) is 5.82 Å². The predicted molar refractivity (Wildman–Crippen MR) is 124 cm³/mol. The van der Waals surface area contributed by atoms with Gasteiger partial charge in [-0.25, -0.2) is 4.39 Å². The normalized spacial score (nSPS) is 11.2. The van der Waals surface area contributed by atoms with Gasteiger partial charge in [-0.05, 0) is 48.0 Å². The van der Waals surface area contributed by atoms with Crippen LogP contribution in [0, 0.1) is 15.9 Å². The van der Waals surface area contributed by atoms with Crippen molar-refractivity contribution >= 4 is 44.4 Å². The van der Waals surface area contributed by atoms with Crippen molar-refractivity contribution < 1.29 is 14.1 Å². The highest BCUT2D eigenvalue weighted by Gasteiger charge is 2.21. The van der Waals surface area contributed by atoms with Crippen molar-refractivity contribution in [1.82, 2.24) is 4.98 Å². The Morgan fingerprint density at radius 1 is 1.06 bits per heavy atom. The van der Waals surface area contributed by atoms with Crippen LogP contribution in [0.4, 0.5) is 10.1 Å². The number of aromatic amines is 1. The highest BCUT2D eigenvalue weighted by Crippen LogP contribution is 2.33. The molecular formula is C24H14BrFN2O4. The van der Waals surface area contributed by atoms with Gasteiger partial charge in [-0.15, -0.1) is 0 Å². The smallest absolute Gasteiger partial charge is 0.269 e. The number of H-pyrrole nitrogens is 1. The highest BCUT2D eigenvalue weighted by atomic mass is 79.9. The number of rotatable bonds is 5. The van der Waals surface area contributed by atoms with Gasteiger partial charge < -0.3 is 4.98 Å². The molecule has 0 fully saturated rings. The second-order valence-electron chi connectivity index (χ2n) is 6.92. The van der Waals surface area contributed by atoms with Gasteiger partial charge in [0.2, 0.25) is 0 Å². The van der Waals surface area contributed by atoms with Crippen LogP contribution in [0.5, 0.6) is 0 Å². The average Bonchev–Trinajstić information content (AvgIpc) is 2.77. The lowest BCUT2D eigenvalue weighted by Crippen LogP contribution is -2.19. The third-order valence-corrected chi connectivity index (χ3v) is 5.39. The maximum Gasteiger partial charge on any atom is 0.269 e. The molecule has 0 spiro atoms. The number of hydrogen-bond donors (Lipinski definition) is 1. The van der Waals surface area contributed by atoms with E-state index in [-0.39, 0.29) is 22.4 Å². The van der Waals surface area contributed by atoms with Gasteiger partial charge >= 0.3 is 0 Å². The second kappa shape index (κ2) is 8.68. The molecule has 0 unspecified atom stereocenters. The van der Waals surface area contributed by atoms with E-state index in [9.17, 15) is 24.1 Å². The van der Waals surface area contributed by atoms with Gasteiger partial charge in [-0.2, -0.15) is 0 Å². The number of fused-ring (bicyclic) bond motifs is 1. The number of ketones is 1. The van der Waals surface area contributed by atoms with E-state index in [4.69, 9.17) is 0 Å². The molecule has 0 aliphatic carbocycles. The summed E-state index contributed by atoms with van der Waals surface area (Å²) in [4.78, 5) is 38.9. The number of carbonyl (C=O) groups is 1. The van der Waals surface area contributed by atoms with E-state index in [1.165, 1.54) is 54.6 Å². The molecule has 158 valence electrons. The zero-order chi connectivity index (χ0) is 22.8. The Morgan fingerprint density at radius 2 is 1.78 bits per heavy atom. The molecule has 1 heterocycles. The van der Waals surface area contributed by atoms with Crippen LogP contribution in [0.15, 0.2) is 82.1 Å². The number of nitrogens with zero attached hydrogens (tertiary/aromatic N) is 1. The molecule has 1 N–H and O–H groups in total. The van der Waals surface area contributed by atoms with Gasteiger partial charge in [0, 0.05) is 38.6 Å². The lowest BCUT2D eigenvalue weighted by atomic mass is 9.93. The van der Waals surface area contributed by atoms with Crippen molar-refractivity contribution in [1.29, 1.82) is 0 Å². The first-order valence-electron chi connectivity index (χ1n) is 9.42. The van der Waals surface area contributed by atoms with E-state index in [0.29, 0.717) is 20.9 Å². The Hall–Kier alpha value is -3.91. The monoisotopic (exact) mass is 492 g/mol. The molecule has 1 aromatic heterocycles. The van der Waals surface area contributed by atoms with Crippen LogP contribution in [0.1, 0.15) is 15.9 Å². The fraction of sp³-hybridized carbons (Fsp3) is 0. The Kier molecular flexibility index (Phi) is 5.79. The first-order chi connectivity index (χ1) is 15.3. The molecule has 8 heteroatoms. The van der Waals surface area contributed by atoms with E-state index in [1.54, 1.807) is 24.3 Å². The summed E-state index contributed by atoms with van der Waals surface area (Å²) in [6.07, 6.45) is 2.64. The molecule has 0 bridgehead atoms. The molecule has 4 rings (SSSR count). The van der Waals surface area contributed by atoms with Crippen LogP contribution in [-0.2, 0) is 0 Å². The number of non-ortho nitro benzene ring substituents is 1. The second-order valence-corrected chi connectivity index (χ2v) is 7.84. The van der Waals surface area contributed by atoms with E-state index < -0.39 is 22.1 Å². The number of benzene rings is 3. The van der Waals surface area contributed by atoms with Crippen molar-refractivity contribution in [3.63, 3.8) is 0 Å². The summed E-state index contributed by atoms with van der Waals surface area (Å²) >= 11 is 3.38. The number of carbonyl (C=O) groups excluding carboxylic acids is 1. The maximum absolute atomic E-state index is 14.7. The van der Waals surface area contributed by atoms with Crippen molar-refractivity contribution in [2.75, 3.05) is 0 Å². The lowest BCUT2D eigenvalue weighted by molar-refractivity contribution is -0.384. The molecule has 0 radical (unpaired) electrons. The van der Waals surface area contributed by atoms with Gasteiger partial charge in [-0.3, -0.25) is 19.7 Å². The average molecular weight is 493 g/mol. The van der Waals surface area contributed by atoms with E-state index in [0.717, 1.165) is 0 Å². The Bertz CT molecular complexity index is 1460. The van der Waals surface area contributed by atoms with Crippen LogP contribution >= 0.6 is 15.9 Å². The van der Waals surface area contributed by atoms with Crippen LogP contribution in [0.2, 0.25) is 0 Å². The fourth-order valence-electron chi connectivity index (χ4n) is 3.41. The molecule has 32 heavy (non-hydrogen) atoms. The SMILES string of the molecule is O=C(/C=C/c1ccc([N+](=O)[O-])cc1)c1c(-c2ccccc2F)c2cc(Br)ccc2[nH]c1=O. The number of halogens is 2. The minimum atomic E-state index is -0.642. The first-order valence-corrected chi connectivity index (χ1v) is 10.2. The van der Waals surface area contributed by atoms with Crippen LogP contribution < -0.4 is 5.56 Å². The Balaban J connectivity index is 1.88. The standard InChI is InChI=1S/C24H14BrFN2O4/c25-15-8-11-20-18(13-15)22(17-3-1-2-4-19(17)26)23(24(30)27-20)21(29)12-7-14-5-9-16(10-6-14)28(31)32/h1-13H,(H,27,30)/b12-7+. The molecule has 6 nitrogen and oxygen atoms in total. The highest BCUT2D eigenvalue weighted by molar-refractivity contribution is 9.10. The Morgan fingerprint density at radius 3 is 2.47 bits per heavy atom. The lowest BCUT2D eigenvalue weighted by Gasteiger charge is -2.12. The predicted octanol–water partition coefficient (Wildman–Crippen LogP) is 5.90. The van der Waals surface area contributed by atoms with Crippen molar-refractivity contribution in [2.24, 2.45) is 0 Å². The van der Waals surface area contributed by atoms with Crippen molar-refractivity contribution in [3.05, 3.63) is 115 Å². The molecule has 0 atom stereocenters. The summed E-state index contributed by atoms with van der Waals surface area (Å²) in [5.74, 6) is -1.18. The summed E-state index contributed by atoms with van der Waals surface area (Å²) < 4.78 is 15.4. The van der Waals surface area contributed by atoms with Gasteiger partial charge in [0.15, 0.2) is 5.78 Å². The molecular weight excluding hydrogens is 479 g/mol. The molecule has 0 amide bonds. The zero-order valence-corrected chi connectivity index (χ0v) is 17.9. The van der Waals surface area contributed by atoms with E-state index >= 15 is 0 Å². The summed E-state index contributed by atoms with van der Waals surface area (Å²) in [5.41, 5.74) is 0.418. The number of nitrogens with one attached hydrogen (secondary N) is 1. The van der Waals surface area contributed by atoms with E-state index in [2.05, 4.69) is 20.9 Å². The summed E-state index contributed by atoms with van der Waals surface area (Å²) in [6.45, 7) is 0. The van der Waals surface area contributed by atoms with Crippen LogP contribution in [0.25, 0.3) is 28.1 Å². The molecule has 0 aliphatic heterocycles. The van der Waals surface area contributed by atoms with Crippen LogP contribution in [0.3, 0.4) is 0 Å². The number of nitro benzene ring substituents is 1. The molecule has 0 saturated carbocycles. The minimum Gasteiger partial charge on any atom is -0.321 e. The molecule has 0 aliphatic rings. The number of allylic oxidation sites excluding steroid dienone is 1. The van der Waals surface area contributed by atoms with Gasteiger partial charge in [0.05, 0.1) is 10.5 Å². The third-order valence-electron chi connectivity index (χ3n) is 4.90. The fourth-order valence-corrected chi connectivity index (χ4v) is 3.77. The molecule has 0 saturated heterocycles. The minimum absolute atomic E-state index is 0.0770. The number of nitro groups is 1. The molecule has 4 aromatic rings. The number of pyridine rings is 1. The summed E-state index contributed by atoms with van der Waals surface area (Å²) in [7, 11) is 0. The molecule has 3 aromatic carbocycles. The van der Waals surface area contributed by atoms with Crippen molar-refractivity contribution in [2.45, 2.75) is 0 Å². The third kappa shape index (κ3) is 4.13.